The predicted molar refractivity (Wildman–Crippen MR) is 62.1 cm³/mol. The molecule has 0 atom stereocenters. The summed E-state index contributed by atoms with van der Waals surface area (Å²) in [6.07, 6.45) is 1.05. The van der Waals surface area contributed by atoms with Crippen LogP contribution in [0.3, 0.4) is 0 Å². The summed E-state index contributed by atoms with van der Waals surface area (Å²) in [4.78, 5) is 19.2. The fourth-order valence-electron chi connectivity index (χ4n) is 0.676. The highest BCUT2D eigenvalue weighted by Gasteiger charge is 2.13. The van der Waals surface area contributed by atoms with Gasteiger partial charge in [0.2, 0.25) is 9.67 Å². The minimum absolute atomic E-state index is 0.164. The second kappa shape index (κ2) is 9.16. The summed E-state index contributed by atoms with van der Waals surface area (Å²) in [5, 5.41) is 0. The third-order valence-electron chi connectivity index (χ3n) is 1.38. The summed E-state index contributed by atoms with van der Waals surface area (Å²) in [6.45, 7) is 0.328. The molecule has 0 amide bonds. The van der Waals surface area contributed by atoms with E-state index in [4.69, 9.17) is 46.4 Å². The Labute approximate surface area is 113 Å². The molecule has 94 valence electrons. The van der Waals surface area contributed by atoms with Crippen LogP contribution in [0.4, 0.5) is 0 Å². The van der Waals surface area contributed by atoms with Crippen LogP contribution < -0.4 is 0 Å². The van der Waals surface area contributed by atoms with Gasteiger partial charge in [-0.25, -0.2) is 9.59 Å². The third-order valence-corrected chi connectivity index (χ3v) is 2.10. The maximum atomic E-state index is 10.8. The maximum Gasteiger partial charge on any atom is 0.339 e. The fraction of sp³-hybridized carbons (Fsp3) is 0.750. The molecule has 0 saturated carbocycles. The van der Waals surface area contributed by atoms with Crippen molar-refractivity contribution in [3.8, 4) is 0 Å². The summed E-state index contributed by atoms with van der Waals surface area (Å²) >= 11 is 20.9. The van der Waals surface area contributed by atoms with Crippen LogP contribution in [-0.4, -0.2) is 34.8 Å². The van der Waals surface area contributed by atoms with Crippen molar-refractivity contribution in [1.82, 2.24) is 0 Å². The lowest BCUT2D eigenvalue weighted by molar-refractivity contribution is -0.144. The van der Waals surface area contributed by atoms with Gasteiger partial charge in [-0.15, -0.1) is 0 Å². The van der Waals surface area contributed by atoms with Gasteiger partial charge in [0.1, 0.15) is 0 Å². The largest absolute Gasteiger partial charge is 0.464 e. The van der Waals surface area contributed by atoms with Crippen molar-refractivity contribution in [1.29, 1.82) is 0 Å². The second-order valence-corrected chi connectivity index (χ2v) is 4.84. The Balaban J connectivity index is 3.35. The van der Waals surface area contributed by atoms with Gasteiger partial charge in [0.05, 0.1) is 13.2 Å². The first-order chi connectivity index (χ1) is 7.45. The average molecular weight is 312 g/mol. The molecule has 0 aliphatic rings. The molecule has 0 fully saturated rings. The minimum Gasteiger partial charge on any atom is -0.464 e. The van der Waals surface area contributed by atoms with Crippen LogP contribution in [0.2, 0.25) is 0 Å². The standard InChI is InChI=1S/C8H10Cl4O4/c9-5(10)7(13)15-3-1-2-4-16-8(14)6(11)12/h5-6H,1-4H2. The zero-order chi connectivity index (χ0) is 12.6. The first kappa shape index (κ1) is 16.1. The Hall–Kier alpha value is 0.1000. The van der Waals surface area contributed by atoms with Gasteiger partial charge in [0, 0.05) is 0 Å². The Kier molecular flexibility index (Phi) is 9.22. The molecule has 16 heavy (non-hydrogen) atoms. The maximum absolute atomic E-state index is 10.8. The number of hydrogen-bond donors (Lipinski definition) is 0. The number of carbonyl (C=O) groups excluding carboxylic acids is 2. The summed E-state index contributed by atoms with van der Waals surface area (Å²) in [5.41, 5.74) is 0. The van der Waals surface area contributed by atoms with Gasteiger partial charge in [-0.05, 0) is 12.8 Å². The van der Waals surface area contributed by atoms with Crippen molar-refractivity contribution in [3.05, 3.63) is 0 Å². The highest BCUT2D eigenvalue weighted by atomic mass is 35.5. The molecule has 0 spiro atoms. The molecule has 0 saturated heterocycles. The number of esters is 2. The highest BCUT2D eigenvalue weighted by molar-refractivity contribution is 6.53. The van der Waals surface area contributed by atoms with Gasteiger partial charge >= 0.3 is 11.9 Å². The number of unbranched alkanes of at least 4 members (excludes halogenated alkanes) is 1. The van der Waals surface area contributed by atoms with E-state index in [1.807, 2.05) is 0 Å². The van der Waals surface area contributed by atoms with E-state index in [9.17, 15) is 9.59 Å². The summed E-state index contributed by atoms with van der Waals surface area (Å²) < 4.78 is 9.33. The normalized spacial score (nSPS) is 10.6. The monoisotopic (exact) mass is 310 g/mol. The van der Waals surface area contributed by atoms with Gasteiger partial charge in [-0.3, -0.25) is 0 Å². The number of hydrogen-bond acceptors (Lipinski definition) is 4. The Bertz CT molecular complexity index is 208. The number of rotatable bonds is 7. The van der Waals surface area contributed by atoms with Crippen LogP contribution in [-0.2, 0) is 19.1 Å². The molecule has 0 radical (unpaired) electrons. The smallest absolute Gasteiger partial charge is 0.339 e. The molecule has 0 aromatic heterocycles. The molecule has 0 aliphatic heterocycles. The van der Waals surface area contributed by atoms with E-state index < -0.39 is 21.6 Å². The van der Waals surface area contributed by atoms with Gasteiger partial charge in [-0.2, -0.15) is 0 Å². The Morgan fingerprint density at radius 2 is 1.12 bits per heavy atom. The molecular formula is C8H10Cl4O4. The lowest BCUT2D eigenvalue weighted by Gasteiger charge is -2.06. The predicted octanol–water partition coefficient (Wildman–Crippen LogP) is 2.46. The van der Waals surface area contributed by atoms with Crippen LogP contribution in [0.5, 0.6) is 0 Å². The quantitative estimate of drug-likeness (QED) is 0.412. The van der Waals surface area contributed by atoms with Crippen molar-refractivity contribution in [2.75, 3.05) is 13.2 Å². The molecule has 0 N–H and O–H groups in total. The van der Waals surface area contributed by atoms with Crippen molar-refractivity contribution in [3.63, 3.8) is 0 Å². The molecule has 0 rings (SSSR count). The molecule has 8 heteroatoms. The van der Waals surface area contributed by atoms with E-state index in [-0.39, 0.29) is 13.2 Å². The molecule has 0 unspecified atom stereocenters. The molecule has 0 aromatic carbocycles. The second-order valence-electron chi connectivity index (χ2n) is 2.64. The van der Waals surface area contributed by atoms with Crippen molar-refractivity contribution < 1.29 is 19.1 Å². The van der Waals surface area contributed by atoms with Crippen LogP contribution in [0.1, 0.15) is 12.8 Å². The van der Waals surface area contributed by atoms with E-state index in [0.29, 0.717) is 12.8 Å². The van der Waals surface area contributed by atoms with E-state index in [0.717, 1.165) is 0 Å². The van der Waals surface area contributed by atoms with Crippen LogP contribution in [0, 0.1) is 0 Å². The van der Waals surface area contributed by atoms with Gasteiger partial charge in [0.15, 0.2) is 0 Å². The Morgan fingerprint density at radius 3 is 1.38 bits per heavy atom. The van der Waals surface area contributed by atoms with Crippen molar-refractivity contribution in [2.24, 2.45) is 0 Å². The lowest BCUT2D eigenvalue weighted by atomic mass is 10.3. The van der Waals surface area contributed by atoms with Gasteiger partial charge in [-0.1, -0.05) is 46.4 Å². The average Bonchev–Trinajstić information content (AvgIpc) is 2.21. The summed E-state index contributed by atoms with van der Waals surface area (Å²) in [6, 6.07) is 0. The van der Waals surface area contributed by atoms with E-state index in [1.54, 1.807) is 0 Å². The summed E-state index contributed by atoms with van der Waals surface area (Å²) in [7, 11) is 0. The minimum atomic E-state index is -1.17. The zero-order valence-corrected chi connectivity index (χ0v) is 11.2. The number of ether oxygens (including phenoxy) is 2. The number of halogens is 4. The highest BCUT2D eigenvalue weighted by Crippen LogP contribution is 2.06. The van der Waals surface area contributed by atoms with Crippen LogP contribution in [0.25, 0.3) is 0 Å². The molecule has 0 aromatic rings. The number of carbonyl (C=O) groups is 2. The van der Waals surface area contributed by atoms with E-state index >= 15 is 0 Å². The van der Waals surface area contributed by atoms with Crippen LogP contribution in [0.15, 0.2) is 0 Å². The summed E-state index contributed by atoms with van der Waals surface area (Å²) in [5.74, 6) is -1.39. The number of alkyl halides is 4. The Morgan fingerprint density at radius 1 is 0.812 bits per heavy atom. The van der Waals surface area contributed by atoms with Crippen molar-refractivity contribution >= 4 is 58.3 Å². The first-order valence-corrected chi connectivity index (χ1v) is 6.09. The van der Waals surface area contributed by atoms with Gasteiger partial charge < -0.3 is 9.47 Å². The topological polar surface area (TPSA) is 52.6 Å². The fourth-order valence-corrected chi connectivity index (χ4v) is 0.928. The molecular weight excluding hydrogens is 302 g/mol. The zero-order valence-electron chi connectivity index (χ0n) is 8.13. The first-order valence-electron chi connectivity index (χ1n) is 4.34. The molecule has 0 bridgehead atoms. The van der Waals surface area contributed by atoms with Crippen molar-refractivity contribution in [2.45, 2.75) is 22.5 Å². The van der Waals surface area contributed by atoms with E-state index in [1.165, 1.54) is 0 Å². The van der Waals surface area contributed by atoms with Crippen LogP contribution >= 0.6 is 46.4 Å². The third kappa shape index (κ3) is 8.28. The molecule has 0 aliphatic carbocycles. The SMILES string of the molecule is O=C(OCCCCOC(=O)C(Cl)Cl)C(Cl)Cl. The molecule has 0 heterocycles. The van der Waals surface area contributed by atoms with Gasteiger partial charge in [0.25, 0.3) is 0 Å². The molecule has 4 nitrogen and oxygen atoms in total. The van der Waals surface area contributed by atoms with E-state index in [2.05, 4.69) is 9.47 Å². The lowest BCUT2D eigenvalue weighted by Crippen LogP contribution is -2.15.